The summed E-state index contributed by atoms with van der Waals surface area (Å²) in [5.74, 6) is 0.810. The molecule has 1 rings (SSSR count). The van der Waals surface area contributed by atoms with Crippen molar-refractivity contribution in [3.05, 3.63) is 0 Å². The van der Waals surface area contributed by atoms with Crippen molar-refractivity contribution in [3.8, 4) is 0 Å². The zero-order valence-electron chi connectivity index (χ0n) is 10.1. The zero-order valence-corrected chi connectivity index (χ0v) is 10.1. The van der Waals surface area contributed by atoms with Crippen molar-refractivity contribution >= 4 is 0 Å². The largest absolute Gasteiger partial charge is 0.377 e. The van der Waals surface area contributed by atoms with Crippen molar-refractivity contribution in [2.75, 3.05) is 13.7 Å². The second-order valence-corrected chi connectivity index (χ2v) is 4.89. The van der Waals surface area contributed by atoms with E-state index in [-0.39, 0.29) is 5.60 Å². The fourth-order valence-corrected chi connectivity index (χ4v) is 2.62. The lowest BCUT2D eigenvalue weighted by Gasteiger charge is -2.37. The molecule has 1 atom stereocenters. The van der Waals surface area contributed by atoms with Crippen LogP contribution < -0.4 is 5.32 Å². The summed E-state index contributed by atoms with van der Waals surface area (Å²) in [5.41, 5.74) is -0.0367. The number of ether oxygens (including phenoxy) is 1. The summed E-state index contributed by atoms with van der Waals surface area (Å²) < 4.78 is 5.60. The number of rotatable bonds is 5. The van der Waals surface area contributed by atoms with Crippen LogP contribution in [0.4, 0.5) is 0 Å². The molecule has 2 heteroatoms. The van der Waals surface area contributed by atoms with E-state index in [1.54, 1.807) is 0 Å². The molecule has 0 aromatic carbocycles. The van der Waals surface area contributed by atoms with Gasteiger partial charge in [0.15, 0.2) is 0 Å². The molecule has 1 saturated carbocycles. The molecule has 0 bridgehead atoms. The van der Waals surface area contributed by atoms with E-state index >= 15 is 0 Å². The van der Waals surface area contributed by atoms with Crippen LogP contribution >= 0.6 is 0 Å². The Hall–Kier alpha value is -0.0800. The summed E-state index contributed by atoms with van der Waals surface area (Å²) in [4.78, 5) is 0. The molecular weight excluding hydrogens is 174 g/mol. The van der Waals surface area contributed by atoms with Gasteiger partial charge in [-0.05, 0) is 39.2 Å². The highest BCUT2D eigenvalue weighted by Gasteiger charge is 2.36. The third kappa shape index (κ3) is 2.71. The number of methoxy groups -OCH3 is 1. The molecule has 84 valence electrons. The van der Waals surface area contributed by atoms with Gasteiger partial charge in [0.1, 0.15) is 0 Å². The first-order valence-corrected chi connectivity index (χ1v) is 5.90. The van der Waals surface area contributed by atoms with E-state index in [1.807, 2.05) is 7.11 Å². The predicted octanol–water partition coefficient (Wildman–Crippen LogP) is 2.58. The van der Waals surface area contributed by atoms with Gasteiger partial charge in [-0.1, -0.05) is 19.8 Å². The normalized spacial score (nSPS) is 21.4. The Morgan fingerprint density at radius 1 is 1.36 bits per heavy atom. The van der Waals surface area contributed by atoms with Crippen molar-refractivity contribution in [3.63, 3.8) is 0 Å². The predicted molar refractivity (Wildman–Crippen MR) is 60.5 cm³/mol. The summed E-state index contributed by atoms with van der Waals surface area (Å²) in [6.07, 6.45) is 5.52. The molecular formula is C12H25NO. The second kappa shape index (κ2) is 5.13. The summed E-state index contributed by atoms with van der Waals surface area (Å²) in [7, 11) is 1.82. The average molecular weight is 199 g/mol. The number of nitrogens with one attached hydrogen (secondary N) is 1. The van der Waals surface area contributed by atoms with Crippen LogP contribution in [0.2, 0.25) is 0 Å². The third-order valence-electron chi connectivity index (χ3n) is 3.57. The van der Waals surface area contributed by atoms with E-state index < -0.39 is 0 Å². The maximum absolute atomic E-state index is 5.60. The van der Waals surface area contributed by atoms with Crippen LogP contribution in [0.1, 0.15) is 46.5 Å². The quantitative estimate of drug-likeness (QED) is 0.735. The SMILES string of the molecule is CCNC(C1CCCC1)C(C)(C)OC. The summed E-state index contributed by atoms with van der Waals surface area (Å²) in [6, 6.07) is 0.514. The van der Waals surface area contributed by atoms with Gasteiger partial charge in [0, 0.05) is 13.2 Å². The molecule has 14 heavy (non-hydrogen) atoms. The Kier molecular flexibility index (Phi) is 4.39. The Labute approximate surface area is 88.4 Å². The maximum atomic E-state index is 5.60. The molecule has 2 nitrogen and oxygen atoms in total. The Morgan fingerprint density at radius 3 is 2.36 bits per heavy atom. The molecule has 0 heterocycles. The monoisotopic (exact) mass is 199 g/mol. The lowest BCUT2D eigenvalue weighted by atomic mass is 9.85. The molecule has 0 amide bonds. The van der Waals surface area contributed by atoms with Gasteiger partial charge in [0.25, 0.3) is 0 Å². The summed E-state index contributed by atoms with van der Waals surface area (Å²) in [5, 5.41) is 3.59. The molecule has 1 N–H and O–H groups in total. The second-order valence-electron chi connectivity index (χ2n) is 4.89. The molecule has 0 aliphatic heterocycles. The smallest absolute Gasteiger partial charge is 0.0777 e. The molecule has 1 aliphatic rings. The van der Waals surface area contributed by atoms with Gasteiger partial charge in [-0.3, -0.25) is 0 Å². The molecule has 0 saturated heterocycles. The Morgan fingerprint density at radius 2 is 1.93 bits per heavy atom. The molecule has 0 aromatic rings. The lowest BCUT2D eigenvalue weighted by molar-refractivity contribution is -0.0266. The molecule has 0 aromatic heterocycles. The zero-order chi connectivity index (χ0) is 10.6. The first-order chi connectivity index (χ1) is 6.61. The minimum absolute atomic E-state index is 0.0367. The van der Waals surface area contributed by atoms with Crippen LogP contribution in [-0.4, -0.2) is 25.3 Å². The van der Waals surface area contributed by atoms with Crippen LogP contribution in [0.25, 0.3) is 0 Å². The van der Waals surface area contributed by atoms with Crippen molar-refractivity contribution in [1.29, 1.82) is 0 Å². The summed E-state index contributed by atoms with van der Waals surface area (Å²) >= 11 is 0. The van der Waals surface area contributed by atoms with E-state index in [2.05, 4.69) is 26.1 Å². The fraction of sp³-hybridized carbons (Fsp3) is 1.00. The van der Waals surface area contributed by atoms with Crippen LogP contribution in [-0.2, 0) is 4.74 Å². The van der Waals surface area contributed by atoms with Gasteiger partial charge in [-0.15, -0.1) is 0 Å². The lowest BCUT2D eigenvalue weighted by Crippen LogP contribution is -2.51. The Balaban J connectivity index is 2.61. The Bertz CT molecular complexity index is 162. The molecule has 1 fully saturated rings. The van der Waals surface area contributed by atoms with Crippen LogP contribution in [0, 0.1) is 5.92 Å². The van der Waals surface area contributed by atoms with Gasteiger partial charge in [0.2, 0.25) is 0 Å². The molecule has 0 spiro atoms. The third-order valence-corrected chi connectivity index (χ3v) is 3.57. The van der Waals surface area contributed by atoms with E-state index in [0.717, 1.165) is 12.5 Å². The van der Waals surface area contributed by atoms with Gasteiger partial charge < -0.3 is 10.1 Å². The standard InChI is InChI=1S/C12H25NO/c1-5-13-11(12(2,3)14-4)10-8-6-7-9-10/h10-11,13H,5-9H2,1-4H3. The van der Waals surface area contributed by atoms with E-state index in [4.69, 9.17) is 4.74 Å². The van der Waals surface area contributed by atoms with Crippen molar-refractivity contribution in [2.24, 2.45) is 5.92 Å². The van der Waals surface area contributed by atoms with Crippen molar-refractivity contribution in [1.82, 2.24) is 5.32 Å². The van der Waals surface area contributed by atoms with Crippen molar-refractivity contribution in [2.45, 2.75) is 58.1 Å². The van der Waals surface area contributed by atoms with Crippen LogP contribution in [0.3, 0.4) is 0 Å². The topological polar surface area (TPSA) is 21.3 Å². The van der Waals surface area contributed by atoms with Crippen molar-refractivity contribution < 1.29 is 4.74 Å². The first kappa shape index (κ1) is 12.0. The molecule has 0 radical (unpaired) electrons. The van der Waals surface area contributed by atoms with E-state index in [1.165, 1.54) is 25.7 Å². The number of likely N-dealkylation sites (N-methyl/N-ethyl adjacent to an activating group) is 1. The number of hydrogen-bond donors (Lipinski definition) is 1. The van der Waals surface area contributed by atoms with Gasteiger partial charge in [-0.2, -0.15) is 0 Å². The van der Waals surface area contributed by atoms with Gasteiger partial charge >= 0.3 is 0 Å². The van der Waals surface area contributed by atoms with Crippen LogP contribution in [0.15, 0.2) is 0 Å². The minimum atomic E-state index is -0.0367. The van der Waals surface area contributed by atoms with Crippen LogP contribution in [0.5, 0.6) is 0 Å². The van der Waals surface area contributed by atoms with E-state index in [9.17, 15) is 0 Å². The highest BCUT2D eigenvalue weighted by Crippen LogP contribution is 2.33. The number of hydrogen-bond acceptors (Lipinski definition) is 2. The summed E-state index contributed by atoms with van der Waals surface area (Å²) in [6.45, 7) is 7.60. The highest BCUT2D eigenvalue weighted by atomic mass is 16.5. The van der Waals surface area contributed by atoms with Gasteiger partial charge in [-0.25, -0.2) is 0 Å². The maximum Gasteiger partial charge on any atom is 0.0777 e. The van der Waals surface area contributed by atoms with Gasteiger partial charge in [0.05, 0.1) is 5.60 Å². The highest BCUT2D eigenvalue weighted by molar-refractivity contribution is 4.92. The van der Waals surface area contributed by atoms with E-state index in [0.29, 0.717) is 6.04 Å². The fourth-order valence-electron chi connectivity index (χ4n) is 2.62. The molecule has 1 aliphatic carbocycles. The minimum Gasteiger partial charge on any atom is -0.377 e. The average Bonchev–Trinajstić information content (AvgIpc) is 2.66. The first-order valence-electron chi connectivity index (χ1n) is 5.90. The molecule has 1 unspecified atom stereocenters.